The monoisotopic (exact) mass is 427 g/mol. The number of anilines is 1. The van der Waals surface area contributed by atoms with Crippen LogP contribution in [-0.2, 0) is 4.79 Å². The number of nitrogens with two attached hydrogens (primary N) is 1. The Labute approximate surface area is 165 Å². The van der Waals surface area contributed by atoms with Crippen LogP contribution in [0.5, 0.6) is 5.75 Å². The van der Waals surface area contributed by atoms with E-state index in [9.17, 15) is 22.4 Å². The van der Waals surface area contributed by atoms with E-state index in [2.05, 4.69) is 20.3 Å². The number of thioether (sulfide) groups is 1. The zero-order chi connectivity index (χ0) is 21.0. The second-order valence-electron chi connectivity index (χ2n) is 5.54. The Balaban J connectivity index is 1.63. The van der Waals surface area contributed by atoms with Gasteiger partial charge in [-0.15, -0.1) is 10.2 Å². The quantitative estimate of drug-likeness (QED) is 0.341. The predicted octanol–water partition coefficient (Wildman–Crippen LogP) is 3.27. The number of aromatic nitrogens is 3. The molecule has 0 aliphatic heterocycles. The molecule has 0 unspecified atom stereocenters. The number of benzene rings is 2. The van der Waals surface area contributed by atoms with Crippen LogP contribution in [0.15, 0.2) is 47.6 Å². The van der Waals surface area contributed by atoms with E-state index in [1.54, 1.807) is 0 Å². The van der Waals surface area contributed by atoms with Crippen LogP contribution >= 0.6 is 11.8 Å². The highest BCUT2D eigenvalue weighted by atomic mass is 32.2. The third-order valence-electron chi connectivity index (χ3n) is 3.54. The van der Waals surface area contributed by atoms with Crippen LogP contribution in [0.25, 0.3) is 11.4 Å². The molecule has 2 aromatic carbocycles. The van der Waals surface area contributed by atoms with Gasteiger partial charge in [-0.3, -0.25) is 4.79 Å². The standard InChI is InChI=1S/C17H13F4N5O2S/c18-10-3-6-12(19)13(7-10)23-14(27)8-29-17-25-24-15(26(17)22)9-1-4-11(5-2-9)28-16(20)21/h1-7,16H,8,22H2,(H,23,27). The number of ether oxygens (including phenoxy) is 1. The number of hydrogen-bond donors (Lipinski definition) is 2. The van der Waals surface area contributed by atoms with Gasteiger partial charge in [-0.2, -0.15) is 8.78 Å². The first kappa shape index (κ1) is 20.5. The number of nitrogens with one attached hydrogen (secondary N) is 1. The first-order valence-electron chi connectivity index (χ1n) is 7.97. The average Bonchev–Trinajstić information content (AvgIpc) is 3.04. The van der Waals surface area contributed by atoms with E-state index in [0.29, 0.717) is 5.56 Å². The van der Waals surface area contributed by atoms with E-state index in [1.165, 1.54) is 24.3 Å². The van der Waals surface area contributed by atoms with Gasteiger partial charge in [-0.25, -0.2) is 13.5 Å². The number of carbonyl (C=O) groups excluding carboxylic acids is 1. The van der Waals surface area contributed by atoms with Crippen molar-refractivity contribution in [2.75, 3.05) is 16.9 Å². The Bertz CT molecular complexity index is 1010. The van der Waals surface area contributed by atoms with Gasteiger partial charge in [0.15, 0.2) is 5.82 Å². The van der Waals surface area contributed by atoms with E-state index >= 15 is 0 Å². The van der Waals surface area contributed by atoms with Crippen molar-refractivity contribution in [3.63, 3.8) is 0 Å². The smallest absolute Gasteiger partial charge is 0.387 e. The average molecular weight is 427 g/mol. The molecule has 1 amide bonds. The molecule has 0 spiro atoms. The maximum atomic E-state index is 13.6. The summed E-state index contributed by atoms with van der Waals surface area (Å²) in [7, 11) is 0. The number of amides is 1. The maximum Gasteiger partial charge on any atom is 0.387 e. The molecule has 0 saturated carbocycles. The second kappa shape index (κ2) is 8.82. The number of rotatable bonds is 7. The van der Waals surface area contributed by atoms with Gasteiger partial charge in [-0.1, -0.05) is 11.8 Å². The van der Waals surface area contributed by atoms with Crippen molar-refractivity contribution in [1.82, 2.24) is 14.9 Å². The lowest BCUT2D eigenvalue weighted by atomic mass is 10.2. The van der Waals surface area contributed by atoms with E-state index < -0.39 is 24.2 Å². The fraction of sp³-hybridized carbons (Fsp3) is 0.118. The first-order chi connectivity index (χ1) is 13.8. The van der Waals surface area contributed by atoms with Gasteiger partial charge < -0.3 is 15.9 Å². The SMILES string of the molecule is Nn1c(SCC(=O)Nc2cc(F)ccc2F)nnc1-c1ccc(OC(F)F)cc1. The Morgan fingerprint density at radius 3 is 2.59 bits per heavy atom. The van der Waals surface area contributed by atoms with Gasteiger partial charge in [0.1, 0.15) is 17.4 Å². The summed E-state index contributed by atoms with van der Waals surface area (Å²) >= 11 is 0.924. The molecule has 29 heavy (non-hydrogen) atoms. The van der Waals surface area contributed by atoms with Crippen molar-refractivity contribution in [3.05, 3.63) is 54.1 Å². The van der Waals surface area contributed by atoms with Gasteiger partial charge in [0.2, 0.25) is 11.1 Å². The number of alkyl halides is 2. The molecule has 0 fully saturated rings. The Hall–Kier alpha value is -3.28. The third kappa shape index (κ3) is 5.16. The molecule has 152 valence electrons. The van der Waals surface area contributed by atoms with Gasteiger partial charge in [0.25, 0.3) is 0 Å². The van der Waals surface area contributed by atoms with E-state index in [0.717, 1.165) is 34.6 Å². The topological polar surface area (TPSA) is 95.1 Å². The number of nitrogen functional groups attached to an aromatic ring is 1. The first-order valence-corrected chi connectivity index (χ1v) is 8.95. The Morgan fingerprint density at radius 2 is 1.90 bits per heavy atom. The van der Waals surface area contributed by atoms with Crippen LogP contribution in [0.4, 0.5) is 23.2 Å². The molecule has 0 aliphatic carbocycles. The summed E-state index contributed by atoms with van der Waals surface area (Å²) in [5, 5.41) is 10.2. The fourth-order valence-electron chi connectivity index (χ4n) is 2.27. The van der Waals surface area contributed by atoms with Crippen molar-refractivity contribution < 1.29 is 27.1 Å². The van der Waals surface area contributed by atoms with E-state index in [1.807, 2.05) is 0 Å². The molecule has 3 aromatic rings. The molecule has 12 heteroatoms. The number of hydrogen-bond acceptors (Lipinski definition) is 6. The number of halogens is 4. The molecule has 0 radical (unpaired) electrons. The zero-order valence-corrected chi connectivity index (χ0v) is 15.3. The molecule has 0 atom stereocenters. The van der Waals surface area contributed by atoms with Gasteiger partial charge in [0.05, 0.1) is 11.4 Å². The second-order valence-corrected chi connectivity index (χ2v) is 6.48. The van der Waals surface area contributed by atoms with Gasteiger partial charge >= 0.3 is 6.61 Å². The molecule has 0 bridgehead atoms. The minimum atomic E-state index is -2.94. The highest BCUT2D eigenvalue weighted by molar-refractivity contribution is 7.99. The fourth-order valence-corrected chi connectivity index (χ4v) is 2.92. The molecule has 7 nitrogen and oxygen atoms in total. The van der Waals surface area contributed by atoms with Crippen LogP contribution in [-0.4, -0.2) is 33.1 Å². The molecular weight excluding hydrogens is 414 g/mol. The largest absolute Gasteiger partial charge is 0.435 e. The van der Waals surface area contributed by atoms with Crippen molar-refractivity contribution >= 4 is 23.4 Å². The van der Waals surface area contributed by atoms with Crippen LogP contribution in [0, 0.1) is 11.6 Å². The summed E-state index contributed by atoms with van der Waals surface area (Å²) in [4.78, 5) is 12.0. The van der Waals surface area contributed by atoms with Crippen molar-refractivity contribution in [2.45, 2.75) is 11.8 Å². The summed E-state index contributed by atoms with van der Waals surface area (Å²) < 4.78 is 56.5. The zero-order valence-electron chi connectivity index (χ0n) is 14.5. The summed E-state index contributed by atoms with van der Waals surface area (Å²) in [6, 6.07) is 8.29. The molecule has 3 N–H and O–H groups in total. The third-order valence-corrected chi connectivity index (χ3v) is 4.48. The minimum Gasteiger partial charge on any atom is -0.435 e. The lowest BCUT2D eigenvalue weighted by Crippen LogP contribution is -2.17. The van der Waals surface area contributed by atoms with Crippen molar-refractivity contribution in [2.24, 2.45) is 0 Å². The van der Waals surface area contributed by atoms with Crippen molar-refractivity contribution in [3.8, 4) is 17.1 Å². The van der Waals surface area contributed by atoms with Crippen LogP contribution < -0.4 is 15.9 Å². The van der Waals surface area contributed by atoms with Crippen LogP contribution in [0.3, 0.4) is 0 Å². The number of nitrogens with zero attached hydrogens (tertiary/aromatic N) is 3. The Morgan fingerprint density at radius 1 is 1.17 bits per heavy atom. The molecule has 0 saturated heterocycles. The predicted molar refractivity (Wildman–Crippen MR) is 98.0 cm³/mol. The Kier molecular flexibility index (Phi) is 6.22. The minimum absolute atomic E-state index is 0.0253. The maximum absolute atomic E-state index is 13.6. The molecule has 1 heterocycles. The summed E-state index contributed by atoms with van der Waals surface area (Å²) in [6.07, 6.45) is 0. The van der Waals surface area contributed by atoms with Crippen molar-refractivity contribution in [1.29, 1.82) is 0 Å². The summed E-state index contributed by atoms with van der Waals surface area (Å²) in [5.74, 6) is 3.87. The summed E-state index contributed by atoms with van der Waals surface area (Å²) in [6.45, 7) is -2.94. The highest BCUT2D eigenvalue weighted by Crippen LogP contribution is 2.24. The molecular formula is C17H13F4N5O2S. The van der Waals surface area contributed by atoms with Crippen LogP contribution in [0.2, 0.25) is 0 Å². The number of carbonyl (C=O) groups is 1. The van der Waals surface area contributed by atoms with E-state index in [4.69, 9.17) is 5.84 Å². The lowest BCUT2D eigenvalue weighted by molar-refractivity contribution is -0.113. The molecule has 3 rings (SSSR count). The van der Waals surface area contributed by atoms with E-state index in [-0.39, 0.29) is 28.2 Å². The molecule has 1 aromatic heterocycles. The van der Waals surface area contributed by atoms with Gasteiger partial charge in [-0.05, 0) is 36.4 Å². The molecule has 0 aliphatic rings. The van der Waals surface area contributed by atoms with Crippen LogP contribution in [0.1, 0.15) is 0 Å². The summed E-state index contributed by atoms with van der Waals surface area (Å²) in [5.41, 5.74) is 0.205. The van der Waals surface area contributed by atoms with Gasteiger partial charge in [0, 0.05) is 11.6 Å². The highest BCUT2D eigenvalue weighted by Gasteiger charge is 2.15. The normalized spacial score (nSPS) is 10.9. The lowest BCUT2D eigenvalue weighted by Gasteiger charge is -2.07.